The van der Waals surface area contributed by atoms with Crippen LogP contribution in [0.4, 0.5) is 0 Å². The summed E-state index contributed by atoms with van der Waals surface area (Å²) in [5.74, 6) is -6.11. The zero-order valence-corrected chi connectivity index (χ0v) is 20.3. The summed E-state index contributed by atoms with van der Waals surface area (Å²) in [6.07, 6.45) is 0.498. The lowest BCUT2D eigenvalue weighted by molar-refractivity contribution is -0.143. The average molecular weight is 534 g/mol. The third-order valence-electron chi connectivity index (χ3n) is 5.60. The van der Waals surface area contributed by atoms with Crippen molar-refractivity contribution in [3.8, 4) is 0 Å². The lowest BCUT2D eigenvalue weighted by Gasteiger charge is -2.23. The molecule has 2 aromatic rings. The minimum atomic E-state index is -1.65. The zero-order valence-electron chi connectivity index (χ0n) is 20.3. The molecule has 15 nitrogen and oxygen atoms in total. The van der Waals surface area contributed by atoms with E-state index in [0.717, 1.165) is 16.5 Å². The van der Waals surface area contributed by atoms with Gasteiger partial charge in [-0.15, -0.1) is 0 Å². The van der Waals surface area contributed by atoms with E-state index in [-0.39, 0.29) is 19.3 Å². The number of aromatic amines is 1. The van der Waals surface area contributed by atoms with E-state index in [9.17, 15) is 39.0 Å². The van der Waals surface area contributed by atoms with Crippen molar-refractivity contribution in [2.45, 2.75) is 49.9 Å². The molecule has 0 aliphatic heterocycles. The number of carbonyl (C=O) groups is 6. The molecular formula is C23H31N7O8. The molecule has 38 heavy (non-hydrogen) atoms. The van der Waals surface area contributed by atoms with E-state index in [2.05, 4.69) is 20.9 Å². The smallest absolute Gasteiger partial charge is 0.326 e. The van der Waals surface area contributed by atoms with E-state index in [0.29, 0.717) is 0 Å². The van der Waals surface area contributed by atoms with Crippen molar-refractivity contribution in [1.29, 1.82) is 0 Å². The number of hydrogen-bond acceptors (Lipinski definition) is 8. The van der Waals surface area contributed by atoms with Gasteiger partial charge in [-0.3, -0.25) is 24.0 Å². The van der Waals surface area contributed by atoms with E-state index >= 15 is 0 Å². The summed E-state index contributed by atoms with van der Waals surface area (Å²) in [7, 11) is 0. The Hall–Kier alpha value is -4.50. The highest BCUT2D eigenvalue weighted by atomic mass is 16.4. The van der Waals surface area contributed by atoms with Crippen molar-refractivity contribution >= 4 is 46.4 Å². The maximum atomic E-state index is 12.8. The predicted molar refractivity (Wildman–Crippen MR) is 133 cm³/mol. The molecule has 0 aliphatic rings. The topological polar surface area (TPSA) is 273 Å². The molecule has 0 bridgehead atoms. The number of carbonyl (C=O) groups excluding carboxylic acids is 5. The highest BCUT2D eigenvalue weighted by molar-refractivity contribution is 5.96. The van der Waals surface area contributed by atoms with Crippen LogP contribution in [0.3, 0.4) is 0 Å². The molecule has 206 valence electrons. The van der Waals surface area contributed by atoms with Gasteiger partial charge in [0.05, 0.1) is 19.1 Å². The fourth-order valence-electron chi connectivity index (χ4n) is 3.60. The SMILES string of the molecule is NC(=O)CCC(NC(=O)C(CO)NC(=O)C(CC(N)=O)NC(=O)C(N)Cc1c[nH]c2ccccc12)C(=O)O. The van der Waals surface area contributed by atoms with Gasteiger partial charge in [-0.25, -0.2) is 4.79 Å². The number of nitrogens with two attached hydrogens (primary N) is 3. The number of rotatable bonds is 15. The maximum absolute atomic E-state index is 12.8. The van der Waals surface area contributed by atoms with Gasteiger partial charge in [0.2, 0.25) is 29.5 Å². The Morgan fingerprint density at radius 1 is 0.868 bits per heavy atom. The van der Waals surface area contributed by atoms with Crippen molar-refractivity contribution in [2.24, 2.45) is 17.2 Å². The van der Waals surface area contributed by atoms with Gasteiger partial charge in [-0.05, 0) is 24.5 Å². The fraction of sp³-hybridized carbons (Fsp3) is 0.391. The highest BCUT2D eigenvalue weighted by Crippen LogP contribution is 2.18. The molecule has 0 saturated carbocycles. The van der Waals surface area contributed by atoms with Gasteiger partial charge in [-0.1, -0.05) is 18.2 Å². The van der Waals surface area contributed by atoms with Crippen LogP contribution in [0.5, 0.6) is 0 Å². The number of aromatic nitrogens is 1. The van der Waals surface area contributed by atoms with Crippen molar-refractivity contribution in [1.82, 2.24) is 20.9 Å². The van der Waals surface area contributed by atoms with Crippen molar-refractivity contribution in [3.05, 3.63) is 36.0 Å². The van der Waals surface area contributed by atoms with Crippen LogP contribution >= 0.6 is 0 Å². The molecule has 0 radical (unpaired) electrons. The van der Waals surface area contributed by atoms with Gasteiger partial charge in [0, 0.05) is 23.5 Å². The summed E-state index contributed by atoms with van der Waals surface area (Å²) in [4.78, 5) is 74.8. The summed E-state index contributed by atoms with van der Waals surface area (Å²) < 4.78 is 0. The van der Waals surface area contributed by atoms with Crippen LogP contribution in [-0.2, 0) is 35.2 Å². The quantitative estimate of drug-likeness (QED) is 0.111. The molecule has 1 aromatic heterocycles. The number of fused-ring (bicyclic) bond motifs is 1. The van der Waals surface area contributed by atoms with Gasteiger partial charge >= 0.3 is 5.97 Å². The summed E-state index contributed by atoms with van der Waals surface area (Å²) in [5, 5.41) is 26.2. The summed E-state index contributed by atoms with van der Waals surface area (Å²) in [5.41, 5.74) is 17.8. The van der Waals surface area contributed by atoms with Gasteiger partial charge < -0.3 is 48.3 Å². The Kier molecular flexibility index (Phi) is 10.7. The normalized spacial score (nSPS) is 14.1. The van der Waals surface area contributed by atoms with Gasteiger partial charge in [0.1, 0.15) is 18.1 Å². The standard InChI is InChI=1S/C23H31N7O8/c24-13(7-11-9-27-14-4-2-1-3-12(11)14)20(34)29-16(8-19(26)33)21(35)30-17(10-31)22(36)28-15(23(37)38)5-6-18(25)32/h1-4,9,13,15-17,27,31H,5-8,10,24H2,(H2,25,32)(H2,26,33)(H,28,36)(H,29,34)(H,30,35)(H,37,38). The number of aliphatic carboxylic acids is 1. The fourth-order valence-corrected chi connectivity index (χ4v) is 3.60. The second-order valence-corrected chi connectivity index (χ2v) is 8.55. The highest BCUT2D eigenvalue weighted by Gasteiger charge is 2.31. The third kappa shape index (κ3) is 8.56. The Morgan fingerprint density at radius 3 is 2.08 bits per heavy atom. The monoisotopic (exact) mass is 533 g/mol. The van der Waals surface area contributed by atoms with Gasteiger partial charge in [-0.2, -0.15) is 0 Å². The molecule has 4 unspecified atom stereocenters. The molecule has 1 heterocycles. The van der Waals surface area contributed by atoms with Crippen LogP contribution in [0.15, 0.2) is 30.5 Å². The molecular weight excluding hydrogens is 502 g/mol. The Bertz CT molecular complexity index is 1200. The van der Waals surface area contributed by atoms with Crippen LogP contribution in [0, 0.1) is 0 Å². The molecule has 0 saturated heterocycles. The van der Waals surface area contributed by atoms with Crippen LogP contribution in [0.1, 0.15) is 24.8 Å². The van der Waals surface area contributed by atoms with Crippen molar-refractivity contribution in [2.75, 3.05) is 6.61 Å². The first-order chi connectivity index (χ1) is 17.9. The molecule has 0 spiro atoms. The van der Waals surface area contributed by atoms with E-state index in [1.807, 2.05) is 24.3 Å². The first-order valence-electron chi connectivity index (χ1n) is 11.5. The minimum absolute atomic E-state index is 0.101. The number of para-hydroxylation sites is 1. The number of aliphatic hydroxyl groups is 1. The van der Waals surface area contributed by atoms with Crippen LogP contribution < -0.4 is 33.2 Å². The first-order valence-corrected chi connectivity index (χ1v) is 11.5. The van der Waals surface area contributed by atoms with E-state index in [1.165, 1.54) is 0 Å². The Morgan fingerprint density at radius 2 is 1.47 bits per heavy atom. The number of carboxylic acids is 1. The molecule has 2 rings (SSSR count). The number of amides is 5. The minimum Gasteiger partial charge on any atom is -0.480 e. The molecule has 1 aromatic carbocycles. The summed E-state index contributed by atoms with van der Waals surface area (Å²) in [6, 6.07) is 1.53. The van der Waals surface area contributed by atoms with Crippen molar-refractivity contribution < 1.29 is 39.0 Å². The number of H-pyrrole nitrogens is 1. The number of carboxylic acid groups (broad SMARTS) is 1. The third-order valence-corrected chi connectivity index (χ3v) is 5.60. The zero-order chi connectivity index (χ0) is 28.4. The largest absolute Gasteiger partial charge is 0.480 e. The lowest BCUT2D eigenvalue weighted by Crippen LogP contribution is -2.58. The molecule has 4 atom stereocenters. The van der Waals surface area contributed by atoms with Crippen LogP contribution in [0.25, 0.3) is 10.9 Å². The number of hydrogen-bond donors (Lipinski definition) is 9. The molecule has 0 aliphatic carbocycles. The van der Waals surface area contributed by atoms with Crippen LogP contribution in [0.2, 0.25) is 0 Å². The Labute approximate surface area is 216 Å². The molecule has 0 fully saturated rings. The summed E-state index contributed by atoms with van der Waals surface area (Å²) >= 11 is 0. The average Bonchev–Trinajstić information content (AvgIpc) is 3.26. The molecule has 5 amide bonds. The Balaban J connectivity index is 2.06. The number of aliphatic hydroxyl groups excluding tert-OH is 1. The first kappa shape index (κ1) is 29.7. The second-order valence-electron chi connectivity index (χ2n) is 8.55. The van der Waals surface area contributed by atoms with Crippen molar-refractivity contribution in [3.63, 3.8) is 0 Å². The van der Waals surface area contributed by atoms with E-state index in [1.54, 1.807) is 6.20 Å². The number of nitrogens with one attached hydrogen (secondary N) is 4. The van der Waals surface area contributed by atoms with Crippen LogP contribution in [-0.4, -0.2) is 81.5 Å². The molecule has 15 heteroatoms. The summed E-state index contributed by atoms with van der Waals surface area (Å²) in [6.45, 7) is -0.947. The van der Waals surface area contributed by atoms with Gasteiger partial charge in [0.15, 0.2) is 0 Å². The number of primary amides is 2. The van der Waals surface area contributed by atoms with E-state index < -0.39 is 72.7 Å². The predicted octanol–water partition coefficient (Wildman–Crippen LogP) is -3.29. The van der Waals surface area contributed by atoms with E-state index in [4.69, 9.17) is 17.2 Å². The molecule has 12 N–H and O–H groups in total. The maximum Gasteiger partial charge on any atom is 0.326 e. The lowest BCUT2D eigenvalue weighted by atomic mass is 10.0. The number of benzene rings is 1. The van der Waals surface area contributed by atoms with Gasteiger partial charge in [0.25, 0.3) is 0 Å². The second kappa shape index (κ2) is 13.7.